The lowest BCUT2D eigenvalue weighted by molar-refractivity contribution is 1.34. The number of halogens is 1. The van der Waals surface area contributed by atoms with Crippen LogP contribution < -0.4 is 0 Å². The summed E-state index contributed by atoms with van der Waals surface area (Å²) in [6.45, 7) is 2.14. The summed E-state index contributed by atoms with van der Waals surface area (Å²) in [5, 5.41) is 0. The second kappa shape index (κ2) is 4.36. The van der Waals surface area contributed by atoms with E-state index < -0.39 is 0 Å². The van der Waals surface area contributed by atoms with Crippen LogP contribution in [0.3, 0.4) is 0 Å². The summed E-state index contributed by atoms with van der Waals surface area (Å²) in [4.78, 5) is 0. The molecular formula is C9H11IS. The van der Waals surface area contributed by atoms with Crippen molar-refractivity contribution >= 4 is 34.4 Å². The molecule has 0 bridgehead atoms. The van der Waals surface area contributed by atoms with E-state index in [1.807, 2.05) is 11.8 Å². The molecule has 0 nitrogen and oxygen atoms in total. The van der Waals surface area contributed by atoms with Gasteiger partial charge in [0.25, 0.3) is 0 Å². The maximum absolute atomic E-state index is 2.38. The summed E-state index contributed by atoms with van der Waals surface area (Å²) in [6, 6.07) is 6.65. The van der Waals surface area contributed by atoms with E-state index in [0.29, 0.717) is 0 Å². The largest absolute Gasteiger partial charge is 0.161 e. The average molecular weight is 278 g/mol. The minimum absolute atomic E-state index is 1.12. The van der Waals surface area contributed by atoms with Gasteiger partial charge in [-0.25, -0.2) is 0 Å². The van der Waals surface area contributed by atoms with Gasteiger partial charge in [0.15, 0.2) is 0 Å². The van der Waals surface area contributed by atoms with Crippen molar-refractivity contribution in [2.45, 2.75) is 12.7 Å². The van der Waals surface area contributed by atoms with Gasteiger partial charge in [-0.1, -0.05) is 12.1 Å². The van der Waals surface area contributed by atoms with E-state index in [9.17, 15) is 0 Å². The van der Waals surface area contributed by atoms with Crippen molar-refractivity contribution in [3.63, 3.8) is 0 Å². The van der Waals surface area contributed by atoms with Crippen molar-refractivity contribution < 1.29 is 0 Å². The maximum atomic E-state index is 2.38. The Morgan fingerprint density at radius 3 is 2.73 bits per heavy atom. The highest BCUT2D eigenvalue weighted by molar-refractivity contribution is 14.1. The minimum Gasteiger partial charge on any atom is -0.161 e. The van der Waals surface area contributed by atoms with Gasteiger partial charge in [0.1, 0.15) is 0 Å². The molecule has 1 rings (SSSR count). The van der Waals surface area contributed by atoms with Crippen molar-refractivity contribution in [2.75, 3.05) is 6.26 Å². The van der Waals surface area contributed by atoms with Gasteiger partial charge < -0.3 is 0 Å². The second-order valence-electron chi connectivity index (χ2n) is 2.52. The molecule has 0 fully saturated rings. The molecule has 0 aliphatic heterocycles. The van der Waals surface area contributed by atoms with E-state index >= 15 is 0 Å². The highest BCUT2D eigenvalue weighted by atomic mass is 127. The zero-order valence-corrected chi connectivity index (χ0v) is 9.70. The molecule has 11 heavy (non-hydrogen) atoms. The van der Waals surface area contributed by atoms with Gasteiger partial charge in [0.2, 0.25) is 0 Å². The maximum Gasteiger partial charge on any atom is 0.0182 e. The van der Waals surface area contributed by atoms with Crippen LogP contribution in [0, 0.1) is 10.5 Å². The van der Waals surface area contributed by atoms with Crippen LogP contribution in [0.25, 0.3) is 0 Å². The smallest absolute Gasteiger partial charge is 0.0182 e. The molecule has 60 valence electrons. The monoisotopic (exact) mass is 278 g/mol. The normalized spacial score (nSPS) is 10.1. The van der Waals surface area contributed by atoms with Crippen molar-refractivity contribution in [1.29, 1.82) is 0 Å². The number of benzene rings is 1. The summed E-state index contributed by atoms with van der Waals surface area (Å²) in [7, 11) is 0. The average Bonchev–Trinajstić information content (AvgIpc) is 1.98. The summed E-state index contributed by atoms with van der Waals surface area (Å²) < 4.78 is 1.37. The molecule has 0 saturated carbocycles. The zero-order valence-electron chi connectivity index (χ0n) is 6.73. The Labute approximate surface area is 85.9 Å². The Bertz CT molecular complexity index is 245. The fraction of sp³-hybridized carbons (Fsp3) is 0.333. The molecule has 0 spiro atoms. The van der Waals surface area contributed by atoms with Crippen LogP contribution in [0.1, 0.15) is 11.1 Å². The first-order valence-electron chi connectivity index (χ1n) is 3.48. The van der Waals surface area contributed by atoms with Crippen LogP contribution in [0.4, 0.5) is 0 Å². The third-order valence-electron chi connectivity index (χ3n) is 1.55. The van der Waals surface area contributed by atoms with E-state index in [1.54, 1.807) is 0 Å². The number of rotatable bonds is 2. The van der Waals surface area contributed by atoms with Gasteiger partial charge in [-0.3, -0.25) is 0 Å². The molecule has 0 aliphatic carbocycles. The summed E-state index contributed by atoms with van der Waals surface area (Å²) >= 11 is 4.25. The van der Waals surface area contributed by atoms with Crippen molar-refractivity contribution in [1.82, 2.24) is 0 Å². The molecule has 0 aliphatic rings. The van der Waals surface area contributed by atoms with Gasteiger partial charge in [0.05, 0.1) is 0 Å². The van der Waals surface area contributed by atoms with E-state index in [-0.39, 0.29) is 0 Å². The van der Waals surface area contributed by atoms with Crippen LogP contribution in [-0.4, -0.2) is 6.26 Å². The third kappa shape index (κ3) is 2.67. The van der Waals surface area contributed by atoms with Crippen LogP contribution >= 0.6 is 34.4 Å². The van der Waals surface area contributed by atoms with Gasteiger partial charge in [-0.15, -0.1) is 0 Å². The van der Waals surface area contributed by atoms with Crippen LogP contribution in [0.15, 0.2) is 18.2 Å². The molecule has 0 unspecified atom stereocenters. The number of aryl methyl sites for hydroxylation is 1. The van der Waals surface area contributed by atoms with E-state index in [4.69, 9.17) is 0 Å². The Morgan fingerprint density at radius 2 is 2.18 bits per heavy atom. The minimum atomic E-state index is 1.12. The highest BCUT2D eigenvalue weighted by Gasteiger charge is 1.95. The first-order valence-corrected chi connectivity index (χ1v) is 5.95. The van der Waals surface area contributed by atoms with Crippen LogP contribution in [0.2, 0.25) is 0 Å². The summed E-state index contributed by atoms with van der Waals surface area (Å²) in [5.74, 6) is 1.12. The highest BCUT2D eigenvalue weighted by Crippen LogP contribution is 2.16. The second-order valence-corrected chi connectivity index (χ2v) is 4.54. The fourth-order valence-electron chi connectivity index (χ4n) is 0.893. The standard InChI is InChI=1S/C9H11IS/c1-7-3-4-8(6-11-2)5-9(7)10/h3-5H,6H2,1-2H3. The first-order chi connectivity index (χ1) is 5.24. The lowest BCUT2D eigenvalue weighted by Gasteiger charge is -2.01. The Balaban J connectivity index is 2.86. The van der Waals surface area contributed by atoms with Gasteiger partial charge in [-0.05, 0) is 53.0 Å². The zero-order chi connectivity index (χ0) is 8.27. The van der Waals surface area contributed by atoms with Gasteiger partial charge in [-0.2, -0.15) is 11.8 Å². The molecule has 0 atom stereocenters. The summed E-state index contributed by atoms with van der Waals surface area (Å²) in [6.07, 6.45) is 2.13. The quantitative estimate of drug-likeness (QED) is 0.746. The predicted molar refractivity (Wildman–Crippen MR) is 61.1 cm³/mol. The lowest BCUT2D eigenvalue weighted by Crippen LogP contribution is -1.84. The van der Waals surface area contributed by atoms with Crippen molar-refractivity contribution in [2.24, 2.45) is 0 Å². The molecule has 0 N–H and O–H groups in total. The number of hydrogen-bond acceptors (Lipinski definition) is 1. The predicted octanol–water partition coefficient (Wildman–Crippen LogP) is 3.46. The Morgan fingerprint density at radius 1 is 1.45 bits per heavy atom. The molecule has 0 heterocycles. The van der Waals surface area contributed by atoms with Crippen molar-refractivity contribution in [3.05, 3.63) is 32.9 Å². The number of thioether (sulfide) groups is 1. The fourth-order valence-corrected chi connectivity index (χ4v) is 1.99. The van der Waals surface area contributed by atoms with Crippen LogP contribution in [-0.2, 0) is 5.75 Å². The molecule has 1 aromatic rings. The SMILES string of the molecule is CSCc1ccc(C)c(I)c1. The molecule has 1 aromatic carbocycles. The van der Waals surface area contributed by atoms with Crippen molar-refractivity contribution in [3.8, 4) is 0 Å². The molecule has 2 heteroatoms. The molecule has 0 saturated heterocycles. The Hall–Kier alpha value is 0.300. The van der Waals surface area contributed by atoms with Gasteiger partial charge in [0, 0.05) is 9.32 Å². The number of hydrogen-bond donors (Lipinski definition) is 0. The summed E-state index contributed by atoms with van der Waals surface area (Å²) in [5.41, 5.74) is 2.79. The van der Waals surface area contributed by atoms with Crippen LogP contribution in [0.5, 0.6) is 0 Å². The topological polar surface area (TPSA) is 0 Å². The first kappa shape index (κ1) is 9.39. The van der Waals surface area contributed by atoms with Gasteiger partial charge >= 0.3 is 0 Å². The van der Waals surface area contributed by atoms with E-state index in [0.717, 1.165) is 5.75 Å². The molecule has 0 amide bonds. The third-order valence-corrected chi connectivity index (χ3v) is 3.33. The lowest BCUT2D eigenvalue weighted by atomic mass is 10.2. The van der Waals surface area contributed by atoms with E-state index in [2.05, 4.69) is 54.0 Å². The molecule has 0 aromatic heterocycles. The Kier molecular flexibility index (Phi) is 3.72. The molecule has 0 radical (unpaired) electrons. The molecular weight excluding hydrogens is 267 g/mol. The van der Waals surface area contributed by atoms with E-state index in [1.165, 1.54) is 14.7 Å².